The molecule has 0 N–H and O–H groups in total. The van der Waals surface area contributed by atoms with Gasteiger partial charge in [0.15, 0.2) is 9.84 Å². The summed E-state index contributed by atoms with van der Waals surface area (Å²) in [6.07, 6.45) is 0.503. The molecule has 4 nitrogen and oxygen atoms in total. The first-order valence-electron chi connectivity index (χ1n) is 6.45. The van der Waals surface area contributed by atoms with Gasteiger partial charge in [-0.05, 0) is 45.7 Å². The maximum atomic E-state index is 12.1. The predicted octanol–water partition coefficient (Wildman–Crippen LogP) is 2.29. The van der Waals surface area contributed by atoms with Crippen LogP contribution < -0.4 is 0 Å². The topological polar surface area (TPSA) is 69.6 Å². The summed E-state index contributed by atoms with van der Waals surface area (Å²) in [5, 5.41) is 0. The van der Waals surface area contributed by atoms with E-state index in [-0.39, 0.29) is 5.75 Å². The molecule has 1 aliphatic heterocycles. The molecule has 6 heteroatoms. The molecule has 2 rings (SSSR count). The van der Waals surface area contributed by atoms with Gasteiger partial charge in [-0.25, -0.2) is 8.42 Å². The van der Waals surface area contributed by atoms with E-state index in [1.165, 1.54) is 0 Å². The summed E-state index contributed by atoms with van der Waals surface area (Å²) < 4.78 is 39.7. The summed E-state index contributed by atoms with van der Waals surface area (Å²) in [5.41, 5.74) is 2.23. The van der Waals surface area contributed by atoms with Crippen molar-refractivity contribution in [2.45, 2.75) is 43.8 Å². The Bertz CT molecular complexity index is 657. The molecule has 20 heavy (non-hydrogen) atoms. The van der Waals surface area contributed by atoms with Crippen LogP contribution in [0.3, 0.4) is 0 Å². The minimum atomic E-state index is -3.15. The number of benzene rings is 1. The molecule has 0 saturated carbocycles. The highest BCUT2D eigenvalue weighted by Gasteiger charge is 2.30. The number of sulfone groups is 1. The second-order valence-corrected chi connectivity index (χ2v) is 9.87. The first-order valence-corrected chi connectivity index (χ1v) is 9.21. The van der Waals surface area contributed by atoms with Crippen molar-refractivity contribution in [3.05, 3.63) is 29.3 Å². The lowest BCUT2D eigenvalue weighted by Gasteiger charge is -2.19. The molecule has 0 amide bonds. The van der Waals surface area contributed by atoms with Gasteiger partial charge < -0.3 is 4.55 Å². The molecule has 110 valence electrons. The van der Waals surface area contributed by atoms with Crippen LogP contribution in [-0.2, 0) is 27.6 Å². The van der Waals surface area contributed by atoms with E-state index in [1.54, 1.807) is 19.1 Å². The molecule has 0 saturated heterocycles. The third-order valence-corrected chi connectivity index (χ3v) is 6.50. The lowest BCUT2D eigenvalue weighted by Crippen LogP contribution is -2.26. The van der Waals surface area contributed by atoms with Crippen molar-refractivity contribution in [1.29, 1.82) is 0 Å². The van der Waals surface area contributed by atoms with E-state index in [4.69, 9.17) is 0 Å². The molecule has 1 atom stereocenters. The van der Waals surface area contributed by atoms with Gasteiger partial charge in [-0.1, -0.05) is 16.5 Å². The monoisotopic (exact) mass is 313 g/mol. The Labute approximate surface area is 123 Å². The first-order chi connectivity index (χ1) is 9.13. The van der Waals surface area contributed by atoms with Crippen LogP contribution in [-0.4, -0.2) is 29.2 Å². The van der Waals surface area contributed by atoms with E-state index in [9.17, 15) is 13.0 Å². The van der Waals surface area contributed by atoms with E-state index >= 15 is 0 Å². The van der Waals surface area contributed by atoms with Gasteiger partial charge in [0, 0.05) is 5.56 Å². The van der Waals surface area contributed by atoms with E-state index in [0.29, 0.717) is 17.0 Å². The Kier molecular flexibility index (Phi) is 4.01. The lowest BCUT2D eigenvalue weighted by atomic mass is 10.0. The predicted molar refractivity (Wildman–Crippen MR) is 82.3 cm³/mol. The maximum Gasteiger partial charge on any atom is 0.178 e. The van der Waals surface area contributed by atoms with E-state index in [2.05, 4.69) is 4.40 Å². The fourth-order valence-corrected chi connectivity index (χ4v) is 4.30. The molecular formula is C14H19NO3S2. The fourth-order valence-electron chi connectivity index (χ4n) is 2.11. The van der Waals surface area contributed by atoms with Crippen molar-refractivity contribution in [3.8, 4) is 0 Å². The summed E-state index contributed by atoms with van der Waals surface area (Å²) in [7, 11) is -3.15. The molecule has 1 aromatic carbocycles. The van der Waals surface area contributed by atoms with Crippen LogP contribution in [0, 0.1) is 0 Å². The first kappa shape index (κ1) is 15.5. The second-order valence-electron chi connectivity index (χ2n) is 5.89. The third-order valence-electron chi connectivity index (χ3n) is 3.22. The Morgan fingerprint density at radius 3 is 2.60 bits per heavy atom. The Balaban J connectivity index is 2.46. The van der Waals surface area contributed by atoms with Crippen LogP contribution in [0.5, 0.6) is 0 Å². The minimum Gasteiger partial charge on any atom is -0.591 e. The van der Waals surface area contributed by atoms with Crippen molar-refractivity contribution in [2.75, 3.05) is 5.75 Å². The minimum absolute atomic E-state index is 0.148. The van der Waals surface area contributed by atoms with Crippen molar-refractivity contribution in [3.63, 3.8) is 0 Å². The van der Waals surface area contributed by atoms with Crippen LogP contribution in [0.25, 0.3) is 0 Å². The molecule has 1 aromatic rings. The number of nitrogens with zero attached hydrogens (tertiary/aromatic N) is 1. The molecule has 0 aliphatic carbocycles. The molecule has 0 spiro atoms. The Hall–Kier alpha value is -0.850. The van der Waals surface area contributed by atoms with E-state index < -0.39 is 25.9 Å². The number of hydrogen-bond acceptors (Lipinski definition) is 4. The molecule has 1 heterocycles. The van der Waals surface area contributed by atoms with Crippen LogP contribution in [0.4, 0.5) is 0 Å². The zero-order valence-corrected chi connectivity index (χ0v) is 13.8. The number of rotatable bonds is 2. The molecular weight excluding hydrogens is 294 g/mol. The van der Waals surface area contributed by atoms with E-state index in [0.717, 1.165) is 11.1 Å². The van der Waals surface area contributed by atoms with Gasteiger partial charge in [0.2, 0.25) is 0 Å². The summed E-state index contributed by atoms with van der Waals surface area (Å²) in [5.74, 6) is 0.148. The summed E-state index contributed by atoms with van der Waals surface area (Å²) in [6, 6.07) is 5.20. The Morgan fingerprint density at radius 1 is 1.35 bits per heavy atom. The average Bonchev–Trinajstić information content (AvgIpc) is 2.64. The normalized spacial score (nSPS) is 19.8. The molecule has 1 aliphatic rings. The quantitative estimate of drug-likeness (QED) is 0.621. The van der Waals surface area contributed by atoms with Gasteiger partial charge in [0.1, 0.15) is 16.1 Å². The van der Waals surface area contributed by atoms with Crippen LogP contribution >= 0.6 is 0 Å². The number of fused-ring (bicyclic) bond motifs is 1. The van der Waals surface area contributed by atoms with Gasteiger partial charge in [-0.2, -0.15) is 0 Å². The summed E-state index contributed by atoms with van der Waals surface area (Å²) in [4.78, 5) is 0.395. The highest BCUT2D eigenvalue weighted by Crippen LogP contribution is 2.29. The summed E-state index contributed by atoms with van der Waals surface area (Å²) in [6.45, 7) is 7.36. The Morgan fingerprint density at radius 2 is 2.00 bits per heavy atom. The zero-order chi connectivity index (χ0) is 15.1. The van der Waals surface area contributed by atoms with Crippen molar-refractivity contribution in [2.24, 2.45) is 4.40 Å². The molecule has 0 fully saturated rings. The van der Waals surface area contributed by atoms with Gasteiger partial charge in [0.25, 0.3) is 0 Å². The largest absolute Gasteiger partial charge is 0.591 e. The van der Waals surface area contributed by atoms with Crippen molar-refractivity contribution in [1.82, 2.24) is 0 Å². The third kappa shape index (κ3) is 2.92. The lowest BCUT2D eigenvalue weighted by molar-refractivity contribution is 0.561. The van der Waals surface area contributed by atoms with Gasteiger partial charge in [-0.3, -0.25) is 0 Å². The fraction of sp³-hybridized carbons (Fsp3) is 0.500. The van der Waals surface area contributed by atoms with Crippen LogP contribution in [0.1, 0.15) is 38.8 Å². The maximum absolute atomic E-state index is 12.1. The summed E-state index contributed by atoms with van der Waals surface area (Å²) >= 11 is -1.35. The highest BCUT2D eigenvalue weighted by atomic mass is 32.2. The highest BCUT2D eigenvalue weighted by molar-refractivity contribution is 7.92. The zero-order valence-electron chi connectivity index (χ0n) is 12.1. The van der Waals surface area contributed by atoms with Crippen molar-refractivity contribution < 1.29 is 13.0 Å². The smallest absolute Gasteiger partial charge is 0.178 e. The van der Waals surface area contributed by atoms with Gasteiger partial charge in [0.05, 0.1) is 16.4 Å². The average molecular weight is 313 g/mol. The molecule has 0 aromatic heterocycles. The van der Waals surface area contributed by atoms with Crippen LogP contribution in [0.15, 0.2) is 27.5 Å². The van der Waals surface area contributed by atoms with Crippen LogP contribution in [0.2, 0.25) is 0 Å². The van der Waals surface area contributed by atoms with Gasteiger partial charge in [-0.15, -0.1) is 0 Å². The molecule has 0 bridgehead atoms. The standard InChI is InChI=1S/C14H19NO3S2/c1-10(15-19(16)14(2,3)4)11-6-5-7-13-12(11)8-9-20(13,17)18/h5-7H,8-9H2,1-4H3. The molecule has 1 unspecified atom stereocenters. The van der Waals surface area contributed by atoms with Crippen molar-refractivity contribution >= 4 is 26.9 Å². The molecule has 0 radical (unpaired) electrons. The van der Waals surface area contributed by atoms with E-state index in [1.807, 2.05) is 26.8 Å². The number of hydrogen-bond donors (Lipinski definition) is 0. The SMILES string of the molecule is CC(=N[S+]([O-])C(C)(C)C)c1cccc2c1CCS2(=O)=O. The second kappa shape index (κ2) is 5.16. The van der Waals surface area contributed by atoms with Gasteiger partial charge >= 0.3 is 0 Å².